The molecule has 0 radical (unpaired) electrons. The van der Waals surface area contributed by atoms with E-state index in [4.69, 9.17) is 10.00 Å². The Labute approximate surface area is 90.6 Å². The van der Waals surface area contributed by atoms with Crippen molar-refractivity contribution in [3.63, 3.8) is 0 Å². The van der Waals surface area contributed by atoms with Crippen molar-refractivity contribution in [3.8, 4) is 6.07 Å². The Balaban J connectivity index is 2.32. The molecule has 0 spiro atoms. The fourth-order valence-electron chi connectivity index (χ4n) is 1.70. The lowest BCUT2D eigenvalue weighted by atomic mass is 9.96. The fraction of sp³-hybridized carbons (Fsp3) is 0.818. The van der Waals surface area contributed by atoms with E-state index in [0.717, 1.165) is 25.7 Å². The number of hydrogen-bond acceptors (Lipinski definition) is 3. The van der Waals surface area contributed by atoms with Gasteiger partial charge in [-0.05, 0) is 26.7 Å². The summed E-state index contributed by atoms with van der Waals surface area (Å²) in [6.45, 7) is 3.15. The van der Waals surface area contributed by atoms with Gasteiger partial charge in [0.25, 0.3) is 0 Å². The Morgan fingerprint density at radius 3 is 2.53 bits per heavy atom. The molecule has 1 aliphatic carbocycles. The molecular formula is C11H18N2O2. The fourth-order valence-corrected chi connectivity index (χ4v) is 1.70. The summed E-state index contributed by atoms with van der Waals surface area (Å²) in [6.07, 6.45) is 5.12. The summed E-state index contributed by atoms with van der Waals surface area (Å²) in [4.78, 5) is 11.4. The van der Waals surface area contributed by atoms with Crippen LogP contribution in [-0.2, 0) is 4.74 Å². The van der Waals surface area contributed by atoms with E-state index in [9.17, 15) is 4.79 Å². The number of ether oxygens (including phenoxy) is 1. The van der Waals surface area contributed by atoms with Crippen molar-refractivity contribution < 1.29 is 9.53 Å². The van der Waals surface area contributed by atoms with Crippen molar-refractivity contribution in [2.45, 2.75) is 57.6 Å². The number of nitrogens with zero attached hydrogens (tertiary/aromatic N) is 1. The number of alkyl carbamates (subject to hydrolysis) is 1. The van der Waals surface area contributed by atoms with Gasteiger partial charge in [-0.15, -0.1) is 0 Å². The molecule has 4 heteroatoms. The van der Waals surface area contributed by atoms with Crippen LogP contribution in [0.3, 0.4) is 0 Å². The number of carbonyl (C=O) groups excluding carboxylic acids is 1. The van der Waals surface area contributed by atoms with Crippen LogP contribution < -0.4 is 5.32 Å². The molecule has 0 aromatic carbocycles. The Bertz CT molecular complexity index is 262. The monoisotopic (exact) mass is 210 g/mol. The van der Waals surface area contributed by atoms with Gasteiger partial charge in [-0.3, -0.25) is 0 Å². The topological polar surface area (TPSA) is 62.1 Å². The molecule has 4 nitrogen and oxygen atoms in total. The molecular weight excluding hydrogens is 192 g/mol. The van der Waals surface area contributed by atoms with Gasteiger partial charge >= 0.3 is 6.09 Å². The molecule has 0 heterocycles. The third-order valence-electron chi connectivity index (χ3n) is 2.54. The molecule has 1 N–H and O–H groups in total. The van der Waals surface area contributed by atoms with Crippen molar-refractivity contribution in [2.24, 2.45) is 0 Å². The highest BCUT2D eigenvalue weighted by Gasteiger charge is 2.24. The van der Waals surface area contributed by atoms with E-state index in [1.165, 1.54) is 6.42 Å². The largest absolute Gasteiger partial charge is 0.428 e. The summed E-state index contributed by atoms with van der Waals surface area (Å²) in [7, 11) is 0. The van der Waals surface area contributed by atoms with Gasteiger partial charge in [0.05, 0.1) is 0 Å². The molecule has 1 fully saturated rings. The van der Waals surface area contributed by atoms with Crippen molar-refractivity contribution in [3.05, 3.63) is 0 Å². The predicted octanol–water partition coefficient (Wildman–Crippen LogP) is 2.35. The van der Waals surface area contributed by atoms with Crippen LogP contribution in [0.1, 0.15) is 46.0 Å². The van der Waals surface area contributed by atoms with E-state index in [2.05, 4.69) is 5.32 Å². The zero-order chi connectivity index (χ0) is 11.3. The minimum atomic E-state index is -1.04. The van der Waals surface area contributed by atoms with E-state index in [1.807, 2.05) is 6.07 Å². The van der Waals surface area contributed by atoms with Gasteiger partial charge in [0.2, 0.25) is 0 Å². The van der Waals surface area contributed by atoms with Gasteiger partial charge in [0.1, 0.15) is 6.07 Å². The summed E-state index contributed by atoms with van der Waals surface area (Å²) < 4.78 is 4.98. The van der Waals surface area contributed by atoms with Crippen molar-refractivity contribution in [1.29, 1.82) is 5.26 Å². The minimum absolute atomic E-state index is 0.223. The predicted molar refractivity (Wildman–Crippen MR) is 56.2 cm³/mol. The summed E-state index contributed by atoms with van der Waals surface area (Å²) in [5.41, 5.74) is -1.04. The molecule has 0 aliphatic heterocycles. The Morgan fingerprint density at radius 1 is 1.40 bits per heavy atom. The molecule has 15 heavy (non-hydrogen) atoms. The van der Waals surface area contributed by atoms with Gasteiger partial charge in [0.15, 0.2) is 5.60 Å². The second-order valence-corrected chi connectivity index (χ2v) is 4.49. The number of carbonyl (C=O) groups is 1. The zero-order valence-corrected chi connectivity index (χ0v) is 9.38. The van der Waals surface area contributed by atoms with Crippen LogP contribution in [0.4, 0.5) is 4.79 Å². The smallest absolute Gasteiger partial charge is 0.408 e. The molecule has 0 unspecified atom stereocenters. The van der Waals surface area contributed by atoms with Gasteiger partial charge in [-0.1, -0.05) is 19.3 Å². The molecule has 1 rings (SSSR count). The zero-order valence-electron chi connectivity index (χ0n) is 9.38. The normalized spacial score (nSPS) is 17.9. The summed E-state index contributed by atoms with van der Waals surface area (Å²) in [5.74, 6) is 0. The van der Waals surface area contributed by atoms with Gasteiger partial charge in [-0.2, -0.15) is 5.26 Å². The second kappa shape index (κ2) is 5.01. The number of hydrogen-bond donors (Lipinski definition) is 1. The maximum atomic E-state index is 11.4. The van der Waals surface area contributed by atoms with E-state index in [0.29, 0.717) is 0 Å². The van der Waals surface area contributed by atoms with Crippen LogP contribution >= 0.6 is 0 Å². The number of nitrogens with one attached hydrogen (secondary N) is 1. The van der Waals surface area contributed by atoms with Gasteiger partial charge in [0, 0.05) is 6.04 Å². The molecule has 0 saturated heterocycles. The molecule has 1 saturated carbocycles. The second-order valence-electron chi connectivity index (χ2n) is 4.49. The van der Waals surface area contributed by atoms with E-state index < -0.39 is 11.7 Å². The lowest BCUT2D eigenvalue weighted by Gasteiger charge is -2.24. The highest BCUT2D eigenvalue weighted by molar-refractivity contribution is 5.68. The van der Waals surface area contributed by atoms with E-state index in [-0.39, 0.29) is 6.04 Å². The highest BCUT2D eigenvalue weighted by Crippen LogP contribution is 2.18. The molecule has 0 atom stereocenters. The molecule has 1 aliphatic rings. The first-order valence-corrected chi connectivity index (χ1v) is 5.44. The first-order valence-electron chi connectivity index (χ1n) is 5.44. The molecule has 1 amide bonds. The van der Waals surface area contributed by atoms with Crippen LogP contribution in [-0.4, -0.2) is 17.7 Å². The minimum Gasteiger partial charge on any atom is -0.428 e. The third kappa shape index (κ3) is 4.20. The first kappa shape index (κ1) is 11.8. The molecule has 0 aromatic rings. The standard InChI is InChI=1S/C11H18N2O2/c1-11(2,8-12)15-10(14)13-9-6-4-3-5-7-9/h9H,3-7H2,1-2H3,(H,13,14). The quantitative estimate of drug-likeness (QED) is 0.761. The first-order chi connectivity index (χ1) is 7.03. The maximum absolute atomic E-state index is 11.4. The number of nitriles is 1. The van der Waals surface area contributed by atoms with Gasteiger partial charge in [-0.25, -0.2) is 4.79 Å². The van der Waals surface area contributed by atoms with Crippen LogP contribution in [0.25, 0.3) is 0 Å². The third-order valence-corrected chi connectivity index (χ3v) is 2.54. The average Bonchev–Trinajstić information content (AvgIpc) is 2.18. The van der Waals surface area contributed by atoms with Crippen LogP contribution in [0.15, 0.2) is 0 Å². The molecule has 0 bridgehead atoms. The average molecular weight is 210 g/mol. The Kier molecular flexibility index (Phi) is 3.96. The highest BCUT2D eigenvalue weighted by atomic mass is 16.6. The van der Waals surface area contributed by atoms with Crippen LogP contribution in [0.5, 0.6) is 0 Å². The van der Waals surface area contributed by atoms with E-state index >= 15 is 0 Å². The lowest BCUT2D eigenvalue weighted by Crippen LogP contribution is -2.40. The summed E-state index contributed by atoms with van der Waals surface area (Å²) >= 11 is 0. The van der Waals surface area contributed by atoms with E-state index in [1.54, 1.807) is 13.8 Å². The van der Waals surface area contributed by atoms with Crippen LogP contribution in [0, 0.1) is 11.3 Å². The SMILES string of the molecule is CC(C)(C#N)OC(=O)NC1CCCCC1. The molecule has 84 valence electrons. The van der Waals surface area contributed by atoms with Gasteiger partial charge < -0.3 is 10.1 Å². The maximum Gasteiger partial charge on any atom is 0.408 e. The number of rotatable bonds is 2. The lowest BCUT2D eigenvalue weighted by molar-refractivity contribution is 0.0727. The Hall–Kier alpha value is -1.24. The summed E-state index contributed by atoms with van der Waals surface area (Å²) in [5, 5.41) is 11.5. The van der Waals surface area contributed by atoms with Crippen molar-refractivity contribution >= 4 is 6.09 Å². The Morgan fingerprint density at radius 2 is 2.00 bits per heavy atom. The van der Waals surface area contributed by atoms with Crippen molar-refractivity contribution in [1.82, 2.24) is 5.32 Å². The number of amides is 1. The van der Waals surface area contributed by atoms with Crippen LogP contribution in [0.2, 0.25) is 0 Å². The van der Waals surface area contributed by atoms with Crippen molar-refractivity contribution in [2.75, 3.05) is 0 Å². The molecule has 0 aromatic heterocycles. The summed E-state index contributed by atoms with van der Waals surface area (Å²) in [6, 6.07) is 2.15.